The molecule has 5 rings (SSSR count). The number of nitrogens with one attached hydrogen (secondary N) is 2. The van der Waals surface area contributed by atoms with Crippen LogP contribution in [0.15, 0.2) is 54.6 Å². The van der Waals surface area contributed by atoms with Crippen LogP contribution in [-0.4, -0.2) is 44.6 Å². The summed E-state index contributed by atoms with van der Waals surface area (Å²) in [6, 6.07) is 17.0. The molecule has 3 aromatic rings. The van der Waals surface area contributed by atoms with Gasteiger partial charge in [0.1, 0.15) is 17.9 Å². The summed E-state index contributed by atoms with van der Waals surface area (Å²) in [6.07, 6.45) is 3.41. The molecule has 2 unspecified atom stereocenters. The first-order chi connectivity index (χ1) is 17.3. The second kappa shape index (κ2) is 9.26. The molecular formula is C28H31N5O3. The van der Waals surface area contributed by atoms with Gasteiger partial charge in [0.2, 0.25) is 5.91 Å². The third-order valence-electron chi connectivity index (χ3n) is 7.45. The number of aromatic nitrogens is 2. The monoisotopic (exact) mass is 485 g/mol. The van der Waals surface area contributed by atoms with Crippen molar-refractivity contribution in [3.63, 3.8) is 0 Å². The predicted octanol–water partition coefficient (Wildman–Crippen LogP) is 4.60. The largest absolute Gasteiger partial charge is 0.325 e. The number of anilines is 1. The molecule has 1 spiro atoms. The molecule has 1 aliphatic carbocycles. The number of hydrogen-bond acceptors (Lipinski definition) is 4. The smallest absolute Gasteiger partial charge is 0.323 e. The van der Waals surface area contributed by atoms with E-state index in [1.165, 1.54) is 0 Å². The maximum atomic E-state index is 13.3. The van der Waals surface area contributed by atoms with Crippen LogP contribution in [0, 0.1) is 19.8 Å². The van der Waals surface area contributed by atoms with Crippen molar-refractivity contribution in [1.29, 1.82) is 0 Å². The highest BCUT2D eigenvalue weighted by Gasteiger charge is 2.55. The van der Waals surface area contributed by atoms with Crippen molar-refractivity contribution in [2.24, 2.45) is 5.92 Å². The third-order valence-corrected chi connectivity index (χ3v) is 7.45. The van der Waals surface area contributed by atoms with Gasteiger partial charge in [0.15, 0.2) is 0 Å². The van der Waals surface area contributed by atoms with Gasteiger partial charge in [-0.1, -0.05) is 55.7 Å². The topological polar surface area (TPSA) is 96.3 Å². The Bertz CT molecular complexity index is 1330. The summed E-state index contributed by atoms with van der Waals surface area (Å²) in [5.74, 6) is -0.253. The van der Waals surface area contributed by atoms with Crippen molar-refractivity contribution >= 4 is 23.7 Å². The molecule has 2 fully saturated rings. The Balaban J connectivity index is 1.42. The second-order valence-electron chi connectivity index (χ2n) is 9.97. The van der Waals surface area contributed by atoms with E-state index in [1.54, 1.807) is 4.68 Å². The minimum Gasteiger partial charge on any atom is -0.323 e. The van der Waals surface area contributed by atoms with Gasteiger partial charge < -0.3 is 10.6 Å². The van der Waals surface area contributed by atoms with Crippen LogP contribution in [0.25, 0.3) is 16.9 Å². The molecule has 1 aliphatic heterocycles. The number of carbonyl (C=O) groups is 3. The molecule has 2 aliphatic rings. The van der Waals surface area contributed by atoms with E-state index in [9.17, 15) is 14.4 Å². The lowest BCUT2D eigenvalue weighted by molar-refractivity contribution is -0.136. The molecule has 0 radical (unpaired) electrons. The lowest BCUT2D eigenvalue weighted by Crippen LogP contribution is -2.54. The molecule has 186 valence electrons. The Morgan fingerprint density at radius 1 is 1.11 bits per heavy atom. The summed E-state index contributed by atoms with van der Waals surface area (Å²) in [7, 11) is 0. The average Bonchev–Trinajstić information content (AvgIpc) is 3.38. The normalized spacial score (nSPS) is 21.6. The van der Waals surface area contributed by atoms with Gasteiger partial charge in [-0.05, 0) is 56.4 Å². The fourth-order valence-corrected chi connectivity index (χ4v) is 5.34. The van der Waals surface area contributed by atoms with Crippen LogP contribution in [-0.2, 0) is 9.59 Å². The van der Waals surface area contributed by atoms with E-state index in [0.29, 0.717) is 12.2 Å². The number of nitrogens with zero attached hydrogens (tertiary/aromatic N) is 3. The Morgan fingerprint density at radius 2 is 1.89 bits per heavy atom. The first-order valence-corrected chi connectivity index (χ1v) is 12.5. The molecule has 2 aromatic carbocycles. The van der Waals surface area contributed by atoms with Crippen molar-refractivity contribution < 1.29 is 14.4 Å². The van der Waals surface area contributed by atoms with Crippen LogP contribution in [0.5, 0.6) is 0 Å². The number of para-hydroxylation sites is 1. The summed E-state index contributed by atoms with van der Waals surface area (Å²) in [5, 5.41) is 10.6. The van der Waals surface area contributed by atoms with E-state index >= 15 is 0 Å². The Morgan fingerprint density at radius 3 is 2.64 bits per heavy atom. The van der Waals surface area contributed by atoms with Crippen LogP contribution in [0.2, 0.25) is 0 Å². The highest BCUT2D eigenvalue weighted by atomic mass is 16.2. The van der Waals surface area contributed by atoms with Crippen LogP contribution in [0.1, 0.15) is 43.7 Å². The first-order valence-electron chi connectivity index (χ1n) is 12.5. The van der Waals surface area contributed by atoms with Gasteiger partial charge in [-0.2, -0.15) is 5.10 Å². The molecule has 2 atom stereocenters. The molecule has 1 saturated heterocycles. The van der Waals surface area contributed by atoms with Gasteiger partial charge >= 0.3 is 6.03 Å². The second-order valence-corrected chi connectivity index (χ2v) is 9.97. The molecule has 1 saturated carbocycles. The number of hydrogen-bond donors (Lipinski definition) is 2. The van der Waals surface area contributed by atoms with Crippen LogP contribution in [0.3, 0.4) is 0 Å². The summed E-state index contributed by atoms with van der Waals surface area (Å²) >= 11 is 0. The lowest BCUT2D eigenvalue weighted by Gasteiger charge is -2.36. The van der Waals surface area contributed by atoms with Gasteiger partial charge in [-0.25, -0.2) is 9.48 Å². The van der Waals surface area contributed by atoms with Crippen LogP contribution in [0.4, 0.5) is 10.6 Å². The number of carbonyl (C=O) groups excluding carboxylic acids is 3. The van der Waals surface area contributed by atoms with Crippen molar-refractivity contribution in [3.8, 4) is 16.9 Å². The Hall–Kier alpha value is -3.94. The molecule has 2 heterocycles. The first kappa shape index (κ1) is 23.8. The van der Waals surface area contributed by atoms with E-state index in [-0.39, 0.29) is 18.4 Å². The highest BCUT2D eigenvalue weighted by Crippen LogP contribution is 2.38. The van der Waals surface area contributed by atoms with Gasteiger partial charge in [-0.3, -0.25) is 14.5 Å². The van der Waals surface area contributed by atoms with Crippen molar-refractivity contribution in [1.82, 2.24) is 20.0 Å². The zero-order chi connectivity index (χ0) is 25.4. The molecule has 4 amide bonds. The molecule has 36 heavy (non-hydrogen) atoms. The third kappa shape index (κ3) is 4.17. The zero-order valence-corrected chi connectivity index (χ0v) is 20.9. The quantitative estimate of drug-likeness (QED) is 0.517. The molecular weight excluding hydrogens is 454 g/mol. The average molecular weight is 486 g/mol. The molecule has 1 aromatic heterocycles. The fraction of sp³-hybridized carbons (Fsp3) is 0.357. The summed E-state index contributed by atoms with van der Waals surface area (Å²) in [6.45, 7) is 5.69. The van der Waals surface area contributed by atoms with Gasteiger partial charge in [-0.15, -0.1) is 0 Å². The van der Waals surface area contributed by atoms with E-state index in [0.717, 1.165) is 52.2 Å². The van der Waals surface area contributed by atoms with Crippen molar-refractivity contribution in [2.45, 2.75) is 52.0 Å². The predicted molar refractivity (Wildman–Crippen MR) is 138 cm³/mol. The zero-order valence-electron chi connectivity index (χ0n) is 20.9. The minimum absolute atomic E-state index is 0.0374. The maximum absolute atomic E-state index is 13.3. The number of imide groups is 1. The number of benzene rings is 2. The summed E-state index contributed by atoms with van der Waals surface area (Å²) in [5.41, 5.74) is 3.77. The Labute approximate surface area is 210 Å². The van der Waals surface area contributed by atoms with E-state index < -0.39 is 17.5 Å². The van der Waals surface area contributed by atoms with Gasteiger partial charge in [0.05, 0.1) is 11.4 Å². The van der Waals surface area contributed by atoms with Crippen molar-refractivity contribution in [3.05, 3.63) is 65.7 Å². The molecule has 8 heteroatoms. The van der Waals surface area contributed by atoms with Gasteiger partial charge in [0.25, 0.3) is 5.91 Å². The van der Waals surface area contributed by atoms with E-state index in [2.05, 4.69) is 16.7 Å². The van der Waals surface area contributed by atoms with E-state index in [4.69, 9.17) is 5.10 Å². The van der Waals surface area contributed by atoms with E-state index in [1.807, 2.05) is 69.3 Å². The minimum atomic E-state index is -0.892. The van der Waals surface area contributed by atoms with Crippen LogP contribution < -0.4 is 10.6 Å². The van der Waals surface area contributed by atoms with Crippen molar-refractivity contribution in [2.75, 3.05) is 11.9 Å². The van der Waals surface area contributed by atoms with Gasteiger partial charge in [0, 0.05) is 11.6 Å². The maximum Gasteiger partial charge on any atom is 0.325 e. The lowest BCUT2D eigenvalue weighted by atomic mass is 9.73. The SMILES string of the molecule is Cc1ccc(C)c(-c2cc(NC(=O)CN3C(=O)NC4(CCCCC4C)C3=O)n(-c3ccccc3)n2)c1. The molecule has 8 nitrogen and oxygen atoms in total. The summed E-state index contributed by atoms with van der Waals surface area (Å²) < 4.78 is 1.67. The molecule has 0 bridgehead atoms. The van der Waals surface area contributed by atoms with Crippen LogP contribution >= 0.6 is 0 Å². The number of amides is 4. The highest BCUT2D eigenvalue weighted by molar-refractivity contribution is 6.10. The molecule has 2 N–H and O–H groups in total. The number of urea groups is 1. The summed E-state index contributed by atoms with van der Waals surface area (Å²) in [4.78, 5) is 40.2. The number of rotatable bonds is 5. The standard InChI is InChI=1S/C28H31N5O3/c1-18-12-13-19(2)22(15-18)23-16-24(33(31-23)21-10-5-4-6-11-21)29-25(34)17-32-26(35)28(30-27(32)36)14-8-7-9-20(28)3/h4-6,10-13,15-16,20H,7-9,14,17H2,1-3H3,(H,29,34)(H,30,36). The Kier molecular flexibility index (Phi) is 6.12. The fourth-order valence-electron chi connectivity index (χ4n) is 5.34. The number of aryl methyl sites for hydroxylation is 2.